The van der Waals surface area contributed by atoms with E-state index in [1.807, 2.05) is 188 Å². The maximum absolute atomic E-state index is 7.24. The first-order valence-electron chi connectivity index (χ1n) is 18.3. The quantitative estimate of drug-likeness (QED) is 0.136. The molecule has 2 heterocycles. The van der Waals surface area contributed by atoms with Crippen molar-refractivity contribution in [3.05, 3.63) is 199 Å². The Labute approximate surface area is 329 Å². The second kappa shape index (κ2) is 15.7. The van der Waals surface area contributed by atoms with Crippen molar-refractivity contribution in [2.24, 2.45) is 0 Å². The molecular formula is C49H31N7O. The smallest absolute Gasteiger partial charge is 0.187 e. The van der Waals surface area contributed by atoms with Crippen molar-refractivity contribution in [3.8, 4) is 91.0 Å². The van der Waals surface area contributed by atoms with Gasteiger partial charge in [-0.1, -0.05) is 152 Å². The predicted octanol–water partition coefficient (Wildman–Crippen LogP) is 12.1. The molecule has 8 heteroatoms. The minimum Gasteiger partial charge on any atom is -0.457 e. The van der Waals surface area contributed by atoms with Gasteiger partial charge in [0.2, 0.25) is 0 Å². The fourth-order valence-electron chi connectivity index (χ4n) is 6.34. The predicted molar refractivity (Wildman–Crippen MR) is 224 cm³/mol. The maximum Gasteiger partial charge on any atom is 0.187 e. The SMILES string of the molecule is [C-]#[N+]c1ccc(-c2ccc(-c3nc(-c4ccccc4)nc(-c4cccc(Oc5ccc(-c6nc(-c7ccccc7)nc(-c7ccccc7)n6)cc5)c4)n3)cc2)cc1. The van der Waals surface area contributed by atoms with Gasteiger partial charge in [-0.3, -0.25) is 0 Å². The molecule has 9 rings (SSSR count). The van der Waals surface area contributed by atoms with E-state index in [0.717, 1.165) is 44.5 Å². The van der Waals surface area contributed by atoms with Gasteiger partial charge in [-0.25, -0.2) is 34.7 Å². The molecule has 7 aromatic carbocycles. The summed E-state index contributed by atoms with van der Waals surface area (Å²) in [6, 6.07) is 60.9. The van der Waals surface area contributed by atoms with Crippen LogP contribution in [0.1, 0.15) is 0 Å². The number of nitrogens with zero attached hydrogens (tertiary/aromatic N) is 7. The van der Waals surface area contributed by atoms with Crippen molar-refractivity contribution in [1.29, 1.82) is 0 Å². The van der Waals surface area contributed by atoms with Crippen LogP contribution in [0.25, 0.3) is 84.3 Å². The molecule has 0 aliphatic heterocycles. The minimum absolute atomic E-state index is 0.525. The molecule has 0 bridgehead atoms. The summed E-state index contributed by atoms with van der Waals surface area (Å²) < 4.78 is 6.38. The van der Waals surface area contributed by atoms with Crippen LogP contribution in [-0.2, 0) is 0 Å². The van der Waals surface area contributed by atoms with E-state index in [0.29, 0.717) is 52.1 Å². The van der Waals surface area contributed by atoms with Gasteiger partial charge in [-0.2, -0.15) is 0 Å². The first kappa shape index (κ1) is 34.6. The van der Waals surface area contributed by atoms with Gasteiger partial charge in [-0.05, 0) is 47.5 Å². The Kier molecular flexibility index (Phi) is 9.52. The lowest BCUT2D eigenvalue weighted by atomic mass is 10.0. The zero-order valence-electron chi connectivity index (χ0n) is 30.4. The third kappa shape index (κ3) is 7.76. The molecule has 0 N–H and O–H groups in total. The molecular weight excluding hydrogens is 703 g/mol. The number of rotatable bonds is 9. The lowest BCUT2D eigenvalue weighted by Gasteiger charge is -2.11. The van der Waals surface area contributed by atoms with Crippen LogP contribution in [0, 0.1) is 6.57 Å². The molecule has 0 unspecified atom stereocenters. The molecule has 0 spiro atoms. The Morgan fingerprint density at radius 1 is 0.298 bits per heavy atom. The molecule has 268 valence electrons. The van der Waals surface area contributed by atoms with Gasteiger partial charge in [0, 0.05) is 33.4 Å². The van der Waals surface area contributed by atoms with E-state index in [9.17, 15) is 0 Å². The van der Waals surface area contributed by atoms with Gasteiger partial charge in [0.15, 0.2) is 40.6 Å². The van der Waals surface area contributed by atoms with Crippen LogP contribution < -0.4 is 4.74 Å². The van der Waals surface area contributed by atoms with Crippen molar-refractivity contribution in [1.82, 2.24) is 29.9 Å². The zero-order valence-corrected chi connectivity index (χ0v) is 30.4. The molecule has 0 aliphatic carbocycles. The van der Waals surface area contributed by atoms with Crippen molar-refractivity contribution >= 4 is 5.69 Å². The monoisotopic (exact) mass is 733 g/mol. The third-order valence-electron chi connectivity index (χ3n) is 9.28. The summed E-state index contributed by atoms with van der Waals surface area (Å²) in [5, 5.41) is 0. The molecule has 9 aromatic rings. The van der Waals surface area contributed by atoms with E-state index >= 15 is 0 Å². The highest BCUT2D eigenvalue weighted by atomic mass is 16.5. The summed E-state index contributed by atoms with van der Waals surface area (Å²) in [6.07, 6.45) is 0. The van der Waals surface area contributed by atoms with Gasteiger partial charge in [0.1, 0.15) is 11.5 Å². The van der Waals surface area contributed by atoms with Gasteiger partial charge in [0.05, 0.1) is 6.57 Å². The zero-order chi connectivity index (χ0) is 38.4. The van der Waals surface area contributed by atoms with Crippen molar-refractivity contribution < 1.29 is 4.74 Å². The van der Waals surface area contributed by atoms with Gasteiger partial charge >= 0.3 is 0 Å². The molecule has 0 aliphatic rings. The van der Waals surface area contributed by atoms with Crippen LogP contribution in [0.15, 0.2) is 188 Å². The Hall–Kier alpha value is -8.15. The van der Waals surface area contributed by atoms with Crippen molar-refractivity contribution in [3.63, 3.8) is 0 Å². The first-order valence-corrected chi connectivity index (χ1v) is 18.3. The molecule has 0 radical (unpaired) electrons. The largest absolute Gasteiger partial charge is 0.457 e. The molecule has 0 amide bonds. The third-order valence-corrected chi connectivity index (χ3v) is 9.28. The number of hydrogen-bond donors (Lipinski definition) is 0. The summed E-state index contributed by atoms with van der Waals surface area (Å²) >= 11 is 0. The van der Waals surface area contributed by atoms with E-state index < -0.39 is 0 Å². The van der Waals surface area contributed by atoms with Crippen LogP contribution in [0.4, 0.5) is 5.69 Å². The minimum atomic E-state index is 0.525. The van der Waals surface area contributed by atoms with E-state index in [4.69, 9.17) is 41.2 Å². The van der Waals surface area contributed by atoms with Crippen molar-refractivity contribution in [2.75, 3.05) is 0 Å². The van der Waals surface area contributed by atoms with E-state index in [1.54, 1.807) is 0 Å². The van der Waals surface area contributed by atoms with Gasteiger partial charge in [0.25, 0.3) is 0 Å². The van der Waals surface area contributed by atoms with Crippen LogP contribution in [0.3, 0.4) is 0 Å². The maximum atomic E-state index is 7.24. The second-order valence-electron chi connectivity index (χ2n) is 13.1. The molecule has 2 aromatic heterocycles. The highest BCUT2D eigenvalue weighted by Gasteiger charge is 2.15. The normalized spacial score (nSPS) is 10.8. The van der Waals surface area contributed by atoms with E-state index in [1.165, 1.54) is 0 Å². The number of benzene rings is 7. The average molecular weight is 734 g/mol. The molecule has 0 saturated heterocycles. The lowest BCUT2D eigenvalue weighted by molar-refractivity contribution is 0.483. The van der Waals surface area contributed by atoms with Crippen LogP contribution in [0.5, 0.6) is 11.5 Å². The second-order valence-corrected chi connectivity index (χ2v) is 13.1. The number of aromatic nitrogens is 6. The molecule has 57 heavy (non-hydrogen) atoms. The van der Waals surface area contributed by atoms with E-state index in [2.05, 4.69) is 4.85 Å². The van der Waals surface area contributed by atoms with Crippen LogP contribution in [-0.4, -0.2) is 29.9 Å². The average Bonchev–Trinajstić information content (AvgIpc) is 3.30. The van der Waals surface area contributed by atoms with Crippen molar-refractivity contribution in [2.45, 2.75) is 0 Å². The molecule has 0 saturated carbocycles. The molecule has 0 atom stereocenters. The summed E-state index contributed by atoms with van der Waals surface area (Å²) in [4.78, 5) is 32.7. The highest BCUT2D eigenvalue weighted by Crippen LogP contribution is 2.32. The number of hydrogen-bond acceptors (Lipinski definition) is 7. The molecule has 0 fully saturated rings. The van der Waals surface area contributed by atoms with Crippen LogP contribution >= 0.6 is 0 Å². The Bertz CT molecular complexity index is 2790. The summed E-state index contributed by atoms with van der Waals surface area (Å²) in [6.45, 7) is 7.24. The summed E-state index contributed by atoms with van der Waals surface area (Å²) in [5.41, 5.74) is 7.87. The Balaban J connectivity index is 1.01. The highest BCUT2D eigenvalue weighted by molar-refractivity contribution is 5.72. The standard InChI is InChI=1S/C49H31N7O/c1-50-41-28-24-34(25-29-41)33-20-22-38(23-21-33)47-54-46(37-16-9-4-10-17-37)55-49(56-47)40-18-11-19-43(32-40)57-42-30-26-39(27-31-42)48-52-44(35-12-5-2-6-13-35)51-45(53-48)36-14-7-3-8-15-36/h2-32H. The summed E-state index contributed by atoms with van der Waals surface area (Å²) in [5.74, 6) is 4.72. The van der Waals surface area contributed by atoms with Crippen LogP contribution in [0.2, 0.25) is 0 Å². The Morgan fingerprint density at radius 3 is 1.05 bits per heavy atom. The first-order chi connectivity index (χ1) is 28.1. The fraction of sp³-hybridized carbons (Fsp3) is 0. The number of ether oxygens (including phenoxy) is 1. The van der Waals surface area contributed by atoms with Gasteiger partial charge < -0.3 is 4.74 Å². The topological polar surface area (TPSA) is 90.9 Å². The fourth-order valence-corrected chi connectivity index (χ4v) is 6.34. The summed E-state index contributed by atoms with van der Waals surface area (Å²) in [7, 11) is 0. The van der Waals surface area contributed by atoms with Gasteiger partial charge in [-0.15, -0.1) is 0 Å². The lowest BCUT2D eigenvalue weighted by Crippen LogP contribution is -2.00. The Morgan fingerprint density at radius 2 is 0.632 bits per heavy atom. The van der Waals surface area contributed by atoms with E-state index in [-0.39, 0.29) is 0 Å². The molecule has 8 nitrogen and oxygen atoms in total.